The number of aromatic nitrogens is 1. The van der Waals surface area contributed by atoms with Crippen molar-refractivity contribution in [1.29, 1.82) is 0 Å². The summed E-state index contributed by atoms with van der Waals surface area (Å²) in [6.45, 7) is 0.0468. The first-order valence-corrected chi connectivity index (χ1v) is 6.36. The molecule has 0 bridgehead atoms. The number of carbonyl (C=O) groups is 2. The normalized spacial score (nSPS) is 22.4. The van der Waals surface area contributed by atoms with Crippen LogP contribution in [0.15, 0.2) is 30.3 Å². The van der Waals surface area contributed by atoms with Crippen molar-refractivity contribution in [3.63, 3.8) is 0 Å². The van der Waals surface area contributed by atoms with E-state index < -0.39 is 24.0 Å². The summed E-state index contributed by atoms with van der Waals surface area (Å²) in [5, 5.41) is 19.6. The molecule has 1 fully saturated rings. The van der Waals surface area contributed by atoms with Crippen molar-refractivity contribution in [2.75, 3.05) is 6.54 Å². The lowest BCUT2D eigenvalue weighted by Gasteiger charge is -2.20. The minimum absolute atomic E-state index is 0.0468. The van der Waals surface area contributed by atoms with Crippen molar-refractivity contribution >= 4 is 22.8 Å². The van der Waals surface area contributed by atoms with Gasteiger partial charge in [-0.25, -0.2) is 4.79 Å². The summed E-state index contributed by atoms with van der Waals surface area (Å²) in [6.07, 6.45) is -0.717. The number of benzene rings is 1. The highest BCUT2D eigenvalue weighted by molar-refractivity contribution is 5.99. The molecule has 2 unspecified atom stereocenters. The fourth-order valence-corrected chi connectivity index (χ4v) is 2.62. The number of H-pyrrole nitrogens is 1. The van der Waals surface area contributed by atoms with Crippen LogP contribution in [-0.2, 0) is 4.79 Å². The Hall–Kier alpha value is -2.34. The van der Waals surface area contributed by atoms with E-state index in [-0.39, 0.29) is 13.0 Å². The van der Waals surface area contributed by atoms with E-state index in [1.165, 1.54) is 4.90 Å². The number of amides is 1. The number of aliphatic hydroxyl groups is 1. The van der Waals surface area contributed by atoms with Gasteiger partial charge in [-0.1, -0.05) is 18.2 Å². The van der Waals surface area contributed by atoms with Crippen LogP contribution < -0.4 is 0 Å². The van der Waals surface area contributed by atoms with Crippen LogP contribution in [0.25, 0.3) is 10.9 Å². The number of hydrogen-bond acceptors (Lipinski definition) is 3. The second-order valence-corrected chi connectivity index (χ2v) is 4.97. The monoisotopic (exact) mass is 274 g/mol. The lowest BCUT2D eigenvalue weighted by atomic mass is 10.2. The number of rotatable bonds is 2. The molecule has 2 heterocycles. The molecule has 3 N–H and O–H groups in total. The average Bonchev–Trinajstić information content (AvgIpc) is 3.01. The Bertz CT molecular complexity index is 646. The molecule has 1 aliphatic rings. The maximum absolute atomic E-state index is 12.4. The molecule has 3 rings (SSSR count). The van der Waals surface area contributed by atoms with E-state index in [9.17, 15) is 14.7 Å². The Labute approximate surface area is 114 Å². The zero-order chi connectivity index (χ0) is 14.3. The Morgan fingerprint density at radius 3 is 2.75 bits per heavy atom. The zero-order valence-electron chi connectivity index (χ0n) is 10.6. The van der Waals surface area contributed by atoms with Crippen LogP contribution in [0.5, 0.6) is 0 Å². The van der Waals surface area contributed by atoms with Crippen LogP contribution in [0, 0.1) is 0 Å². The number of nitrogens with one attached hydrogen (secondary N) is 1. The third-order valence-corrected chi connectivity index (χ3v) is 3.59. The summed E-state index contributed by atoms with van der Waals surface area (Å²) >= 11 is 0. The number of carbonyl (C=O) groups excluding carboxylic acids is 1. The number of fused-ring (bicyclic) bond motifs is 1. The molecule has 104 valence electrons. The van der Waals surface area contributed by atoms with E-state index >= 15 is 0 Å². The minimum atomic E-state index is -1.09. The van der Waals surface area contributed by atoms with Gasteiger partial charge in [-0.15, -0.1) is 0 Å². The molecule has 0 aliphatic carbocycles. The lowest BCUT2D eigenvalue weighted by Crippen LogP contribution is -2.40. The van der Waals surface area contributed by atoms with Gasteiger partial charge in [0.15, 0.2) is 0 Å². The Morgan fingerprint density at radius 2 is 2.05 bits per heavy atom. The number of aliphatic carboxylic acids is 1. The highest BCUT2D eigenvalue weighted by Gasteiger charge is 2.39. The molecule has 1 aromatic heterocycles. The van der Waals surface area contributed by atoms with Gasteiger partial charge in [0.1, 0.15) is 11.7 Å². The highest BCUT2D eigenvalue weighted by atomic mass is 16.4. The number of hydrogen-bond donors (Lipinski definition) is 3. The summed E-state index contributed by atoms with van der Waals surface area (Å²) in [5.74, 6) is -1.49. The molecule has 0 spiro atoms. The van der Waals surface area contributed by atoms with Gasteiger partial charge in [-0.3, -0.25) is 4.79 Å². The number of likely N-dealkylation sites (tertiary alicyclic amines) is 1. The SMILES string of the molecule is O=C(O)C1CC(O)CN1C(=O)c1cc2ccccc2[nH]1. The Kier molecular flexibility index (Phi) is 2.94. The first kappa shape index (κ1) is 12.7. The fraction of sp³-hybridized carbons (Fsp3) is 0.286. The van der Waals surface area contributed by atoms with Gasteiger partial charge in [0.2, 0.25) is 0 Å². The largest absolute Gasteiger partial charge is 0.480 e. The van der Waals surface area contributed by atoms with E-state index in [4.69, 9.17) is 5.11 Å². The van der Waals surface area contributed by atoms with Crippen molar-refractivity contribution in [3.8, 4) is 0 Å². The van der Waals surface area contributed by atoms with Crippen molar-refractivity contribution in [3.05, 3.63) is 36.0 Å². The van der Waals surface area contributed by atoms with Crippen LogP contribution >= 0.6 is 0 Å². The molecule has 1 aliphatic heterocycles. The predicted octanol–water partition coefficient (Wildman–Crippen LogP) is 0.828. The van der Waals surface area contributed by atoms with Crippen molar-refractivity contribution in [2.45, 2.75) is 18.6 Å². The van der Waals surface area contributed by atoms with E-state index in [0.717, 1.165) is 10.9 Å². The van der Waals surface area contributed by atoms with E-state index in [2.05, 4.69) is 4.98 Å². The smallest absolute Gasteiger partial charge is 0.326 e. The molecule has 6 heteroatoms. The summed E-state index contributed by atoms with van der Waals surface area (Å²) in [4.78, 5) is 27.7. The second-order valence-electron chi connectivity index (χ2n) is 4.97. The van der Waals surface area contributed by atoms with E-state index in [0.29, 0.717) is 5.69 Å². The van der Waals surface area contributed by atoms with Crippen molar-refractivity contribution in [2.24, 2.45) is 0 Å². The summed E-state index contributed by atoms with van der Waals surface area (Å²) in [6, 6.07) is 8.16. The summed E-state index contributed by atoms with van der Waals surface area (Å²) in [7, 11) is 0. The van der Waals surface area contributed by atoms with Gasteiger partial charge in [0, 0.05) is 23.9 Å². The van der Waals surface area contributed by atoms with Gasteiger partial charge < -0.3 is 20.1 Å². The van der Waals surface area contributed by atoms with Crippen LogP contribution in [-0.4, -0.2) is 50.7 Å². The number of aliphatic hydroxyl groups excluding tert-OH is 1. The van der Waals surface area contributed by atoms with Crippen LogP contribution in [0.2, 0.25) is 0 Å². The first-order valence-electron chi connectivity index (χ1n) is 6.36. The zero-order valence-corrected chi connectivity index (χ0v) is 10.6. The van der Waals surface area contributed by atoms with Crippen LogP contribution in [0.4, 0.5) is 0 Å². The standard InChI is InChI=1S/C14H14N2O4/c17-9-6-12(14(19)20)16(7-9)13(18)11-5-8-3-1-2-4-10(8)15-11/h1-5,9,12,15,17H,6-7H2,(H,19,20). The van der Waals surface area contributed by atoms with Crippen LogP contribution in [0.1, 0.15) is 16.9 Å². The molecule has 2 atom stereocenters. The lowest BCUT2D eigenvalue weighted by molar-refractivity contribution is -0.141. The molecule has 2 aromatic rings. The average molecular weight is 274 g/mol. The van der Waals surface area contributed by atoms with Gasteiger partial charge in [0.25, 0.3) is 5.91 Å². The number of carboxylic acid groups (broad SMARTS) is 1. The van der Waals surface area contributed by atoms with Gasteiger partial charge in [-0.05, 0) is 12.1 Å². The first-order chi connectivity index (χ1) is 9.56. The van der Waals surface area contributed by atoms with Crippen LogP contribution in [0.3, 0.4) is 0 Å². The quantitative estimate of drug-likeness (QED) is 0.756. The number of para-hydroxylation sites is 1. The number of aromatic amines is 1. The second kappa shape index (κ2) is 4.64. The molecular formula is C14H14N2O4. The molecule has 20 heavy (non-hydrogen) atoms. The molecule has 0 radical (unpaired) electrons. The van der Waals surface area contributed by atoms with Gasteiger partial charge in [-0.2, -0.15) is 0 Å². The minimum Gasteiger partial charge on any atom is -0.480 e. The third-order valence-electron chi connectivity index (χ3n) is 3.59. The Balaban J connectivity index is 1.93. The Morgan fingerprint density at radius 1 is 1.30 bits per heavy atom. The topological polar surface area (TPSA) is 93.6 Å². The summed E-state index contributed by atoms with van der Waals surface area (Å²) in [5.41, 5.74) is 1.16. The molecule has 1 aromatic carbocycles. The molecular weight excluding hydrogens is 260 g/mol. The molecule has 0 saturated carbocycles. The molecule has 1 amide bonds. The number of nitrogens with zero attached hydrogens (tertiary/aromatic N) is 1. The molecule has 1 saturated heterocycles. The number of carboxylic acids is 1. The number of β-amino-alcohol motifs (C(OH)–C–C–N with tert-alkyl or cyclic N) is 1. The molecule has 6 nitrogen and oxygen atoms in total. The maximum atomic E-state index is 12.4. The van der Waals surface area contributed by atoms with E-state index in [1.807, 2.05) is 24.3 Å². The van der Waals surface area contributed by atoms with E-state index in [1.54, 1.807) is 6.07 Å². The van der Waals surface area contributed by atoms with Crippen molar-refractivity contribution < 1.29 is 19.8 Å². The summed E-state index contributed by atoms with van der Waals surface area (Å²) < 4.78 is 0. The predicted molar refractivity (Wildman–Crippen MR) is 71.4 cm³/mol. The highest BCUT2D eigenvalue weighted by Crippen LogP contribution is 2.22. The van der Waals surface area contributed by atoms with Gasteiger partial charge >= 0.3 is 5.97 Å². The third kappa shape index (κ3) is 2.04. The van der Waals surface area contributed by atoms with Gasteiger partial charge in [0.05, 0.1) is 6.10 Å². The maximum Gasteiger partial charge on any atom is 0.326 e. The van der Waals surface area contributed by atoms with Crippen molar-refractivity contribution in [1.82, 2.24) is 9.88 Å². The fourth-order valence-electron chi connectivity index (χ4n) is 2.62.